The summed E-state index contributed by atoms with van der Waals surface area (Å²) in [6.07, 6.45) is 0.270. The van der Waals surface area contributed by atoms with Gasteiger partial charge in [0.15, 0.2) is 11.6 Å². The van der Waals surface area contributed by atoms with Crippen molar-refractivity contribution in [2.24, 2.45) is 5.73 Å². The van der Waals surface area contributed by atoms with Gasteiger partial charge in [-0.1, -0.05) is 12.1 Å². The van der Waals surface area contributed by atoms with E-state index in [-0.39, 0.29) is 43.9 Å². The predicted molar refractivity (Wildman–Crippen MR) is 139 cm³/mol. The number of nitrogens with two attached hydrogens (primary N) is 1. The number of aromatic carboxylic acids is 1. The molecule has 2 aromatic rings. The number of nitrogens with zero attached hydrogens (tertiary/aromatic N) is 2. The SMILES string of the molecule is NCCCN1CCN(C(=O)NC(C(=O)NC2Cc3cccc(C(=O)O)c3OB2O)c2ccc(O)c(F)c2F)C(=O)C1=O. The third-order valence-corrected chi connectivity index (χ3v) is 6.80. The van der Waals surface area contributed by atoms with Crippen molar-refractivity contribution in [3.63, 3.8) is 0 Å². The lowest BCUT2D eigenvalue weighted by Crippen LogP contribution is -2.60. The largest absolute Gasteiger partial charge is 0.547 e. The maximum absolute atomic E-state index is 14.9. The molecule has 2 aliphatic rings. The van der Waals surface area contributed by atoms with Crippen LogP contribution in [0.1, 0.15) is 33.9 Å². The van der Waals surface area contributed by atoms with Crippen molar-refractivity contribution < 1.29 is 52.6 Å². The van der Waals surface area contributed by atoms with Crippen molar-refractivity contribution in [3.05, 3.63) is 58.7 Å². The first-order chi connectivity index (χ1) is 19.9. The summed E-state index contributed by atoms with van der Waals surface area (Å²) in [6, 6.07) is 2.46. The number of benzene rings is 2. The van der Waals surface area contributed by atoms with Gasteiger partial charge >= 0.3 is 30.9 Å². The predicted octanol–water partition coefficient (Wildman–Crippen LogP) is -0.721. The van der Waals surface area contributed by atoms with Gasteiger partial charge in [-0.2, -0.15) is 4.39 Å². The standard InChI is InChI=1S/C25H26BF2N5O9/c27-17-13(5-6-15(34)18(17)28)19(31-25(40)33-10-9-32(8-2-7-29)22(36)23(33)37)21(35)30-16-11-12-3-1-4-14(24(38)39)20(12)42-26(16)41/h1,3-6,16,19,34,41H,2,7-11,29H2,(H,30,35)(H,31,40)(H,38,39). The number of para-hydroxylation sites is 1. The number of imide groups is 1. The van der Waals surface area contributed by atoms with Gasteiger partial charge in [0.2, 0.25) is 11.7 Å². The fraction of sp³-hybridized carbons (Fsp3) is 0.320. The van der Waals surface area contributed by atoms with Gasteiger partial charge in [-0.25, -0.2) is 14.0 Å². The van der Waals surface area contributed by atoms with E-state index in [1.165, 1.54) is 23.1 Å². The van der Waals surface area contributed by atoms with E-state index in [0.29, 0.717) is 16.9 Å². The zero-order valence-electron chi connectivity index (χ0n) is 21.9. The molecule has 2 aromatic carbocycles. The molecular weight excluding hydrogens is 563 g/mol. The lowest BCUT2D eigenvalue weighted by molar-refractivity contribution is -0.153. The van der Waals surface area contributed by atoms with E-state index in [1.807, 2.05) is 0 Å². The van der Waals surface area contributed by atoms with Crippen LogP contribution in [0.3, 0.4) is 0 Å². The number of carboxylic acid groups (broad SMARTS) is 1. The summed E-state index contributed by atoms with van der Waals surface area (Å²) in [5, 5.41) is 33.9. The smallest absolute Gasteiger partial charge is 0.534 e. The van der Waals surface area contributed by atoms with Crippen LogP contribution in [-0.2, 0) is 20.8 Å². The van der Waals surface area contributed by atoms with E-state index in [2.05, 4.69) is 10.6 Å². The number of phenols is 1. The second kappa shape index (κ2) is 12.4. The van der Waals surface area contributed by atoms with Gasteiger partial charge in [-0.15, -0.1) is 0 Å². The molecule has 2 aliphatic heterocycles. The molecule has 1 saturated heterocycles. The highest BCUT2D eigenvalue weighted by Gasteiger charge is 2.41. The number of carboxylic acids is 1. The molecule has 14 nitrogen and oxygen atoms in total. The van der Waals surface area contributed by atoms with Gasteiger partial charge in [0.1, 0.15) is 11.8 Å². The number of urea groups is 1. The zero-order chi connectivity index (χ0) is 30.7. The second-order valence-corrected chi connectivity index (χ2v) is 9.50. The van der Waals surface area contributed by atoms with Crippen molar-refractivity contribution in [3.8, 4) is 11.5 Å². The lowest BCUT2D eigenvalue weighted by Gasteiger charge is -2.34. The Balaban J connectivity index is 1.58. The molecule has 0 spiro atoms. The number of carbonyl (C=O) groups is 5. The van der Waals surface area contributed by atoms with Crippen LogP contribution in [0.25, 0.3) is 0 Å². The number of fused-ring (bicyclic) bond motifs is 1. The zero-order valence-corrected chi connectivity index (χ0v) is 21.9. The molecule has 2 atom stereocenters. The van der Waals surface area contributed by atoms with Crippen molar-refractivity contribution in [1.29, 1.82) is 0 Å². The number of halogens is 2. The van der Waals surface area contributed by atoms with Gasteiger partial charge in [-0.3, -0.25) is 19.3 Å². The molecule has 2 unspecified atom stereocenters. The Morgan fingerprint density at radius 2 is 1.86 bits per heavy atom. The molecule has 0 radical (unpaired) electrons. The number of carbonyl (C=O) groups excluding carboxylic acids is 4. The highest BCUT2D eigenvalue weighted by atomic mass is 19.2. The van der Waals surface area contributed by atoms with E-state index < -0.39 is 71.8 Å². The molecule has 222 valence electrons. The molecule has 17 heteroatoms. The van der Waals surface area contributed by atoms with Crippen molar-refractivity contribution in [1.82, 2.24) is 20.4 Å². The van der Waals surface area contributed by atoms with E-state index in [1.54, 1.807) is 0 Å². The van der Waals surface area contributed by atoms with E-state index in [0.717, 1.165) is 12.1 Å². The first-order valence-corrected chi connectivity index (χ1v) is 12.7. The molecule has 1 fully saturated rings. The highest BCUT2D eigenvalue weighted by molar-refractivity contribution is 6.47. The van der Waals surface area contributed by atoms with Gasteiger partial charge in [0, 0.05) is 25.2 Å². The third-order valence-electron chi connectivity index (χ3n) is 6.80. The normalized spacial score (nSPS) is 17.3. The van der Waals surface area contributed by atoms with Crippen LogP contribution in [0, 0.1) is 11.6 Å². The number of hydrogen-bond acceptors (Lipinski definition) is 9. The van der Waals surface area contributed by atoms with Crippen molar-refractivity contribution in [2.75, 3.05) is 26.2 Å². The summed E-state index contributed by atoms with van der Waals surface area (Å²) in [6.45, 7) is 0.156. The van der Waals surface area contributed by atoms with E-state index in [9.17, 15) is 48.0 Å². The van der Waals surface area contributed by atoms with Crippen LogP contribution in [-0.4, -0.2) is 94.0 Å². The van der Waals surface area contributed by atoms with Crippen LogP contribution < -0.4 is 21.0 Å². The molecule has 0 aromatic heterocycles. The molecule has 7 N–H and O–H groups in total. The van der Waals surface area contributed by atoms with E-state index >= 15 is 0 Å². The lowest BCUT2D eigenvalue weighted by atomic mass is 9.72. The Kier molecular flexibility index (Phi) is 8.92. The van der Waals surface area contributed by atoms with E-state index in [4.69, 9.17) is 10.4 Å². The minimum absolute atomic E-state index is 0.0274. The minimum Gasteiger partial charge on any atom is -0.534 e. The fourth-order valence-electron chi connectivity index (χ4n) is 4.61. The first kappa shape index (κ1) is 30.2. The number of nitrogens with one attached hydrogen (secondary N) is 2. The highest BCUT2D eigenvalue weighted by Crippen LogP contribution is 2.31. The van der Waals surface area contributed by atoms with Crippen LogP contribution in [0.15, 0.2) is 30.3 Å². The molecule has 42 heavy (non-hydrogen) atoms. The summed E-state index contributed by atoms with van der Waals surface area (Å²) < 4.78 is 34.5. The number of rotatable bonds is 8. The Hall–Kier alpha value is -4.77. The van der Waals surface area contributed by atoms with Gasteiger partial charge in [0.05, 0.1) is 11.5 Å². The second-order valence-electron chi connectivity index (χ2n) is 9.50. The molecule has 2 heterocycles. The van der Waals surface area contributed by atoms with Crippen molar-refractivity contribution in [2.45, 2.75) is 24.8 Å². The number of phenolic OH excluding ortho intramolecular Hbond substituents is 1. The summed E-state index contributed by atoms with van der Waals surface area (Å²) in [5.41, 5.74) is 4.77. The summed E-state index contributed by atoms with van der Waals surface area (Å²) >= 11 is 0. The van der Waals surface area contributed by atoms with Gasteiger partial charge in [0.25, 0.3) is 0 Å². The molecule has 4 rings (SSSR count). The summed E-state index contributed by atoms with van der Waals surface area (Å²) in [7, 11) is -1.78. The van der Waals surface area contributed by atoms with Crippen LogP contribution >= 0.6 is 0 Å². The first-order valence-electron chi connectivity index (χ1n) is 12.7. The van der Waals surface area contributed by atoms with Gasteiger partial charge < -0.3 is 41.2 Å². The molecule has 0 bridgehead atoms. The molecule has 0 saturated carbocycles. The Labute approximate surface area is 237 Å². The monoisotopic (exact) mass is 589 g/mol. The van der Waals surface area contributed by atoms with Crippen LogP contribution in [0.2, 0.25) is 0 Å². The topological polar surface area (TPSA) is 212 Å². The Morgan fingerprint density at radius 1 is 1.12 bits per heavy atom. The van der Waals surface area contributed by atoms with Crippen LogP contribution in [0.5, 0.6) is 11.5 Å². The quantitative estimate of drug-likeness (QED) is 0.168. The minimum atomic E-state index is -2.02. The molecule has 0 aliphatic carbocycles. The molecular formula is C25H26BF2N5O9. The number of amides is 5. The average molecular weight is 589 g/mol. The summed E-state index contributed by atoms with van der Waals surface area (Å²) in [4.78, 5) is 64.8. The number of hydrogen-bond donors (Lipinski definition) is 6. The molecule has 5 amide bonds. The Morgan fingerprint density at radius 3 is 2.55 bits per heavy atom. The maximum atomic E-state index is 14.9. The number of piperazine rings is 1. The maximum Gasteiger partial charge on any atom is 0.547 e. The average Bonchev–Trinajstić information content (AvgIpc) is 2.95. The van der Waals surface area contributed by atoms with Crippen LogP contribution in [0.4, 0.5) is 13.6 Å². The van der Waals surface area contributed by atoms with Crippen molar-refractivity contribution >= 4 is 36.8 Å². The fourth-order valence-corrected chi connectivity index (χ4v) is 4.61. The third kappa shape index (κ3) is 5.96. The summed E-state index contributed by atoms with van der Waals surface area (Å²) in [5.74, 6) is -10.5. The van der Waals surface area contributed by atoms with Gasteiger partial charge in [-0.05, 0) is 43.1 Å². The Bertz CT molecular complexity index is 1450. The number of aromatic hydroxyl groups is 1.